The summed E-state index contributed by atoms with van der Waals surface area (Å²) in [6.07, 6.45) is 1.46. The minimum atomic E-state index is -0.615. The normalized spacial score (nSPS) is 10.3. The average Bonchev–Trinajstić information content (AvgIpc) is 2.61. The molecule has 4 N–H and O–H groups in total. The van der Waals surface area contributed by atoms with Crippen LogP contribution in [0.4, 0.5) is 5.82 Å². The zero-order chi connectivity index (χ0) is 11.7. The van der Waals surface area contributed by atoms with Gasteiger partial charge in [-0.05, 0) is 12.1 Å². The van der Waals surface area contributed by atoms with Crippen molar-refractivity contribution in [1.82, 2.24) is 9.78 Å². The lowest BCUT2D eigenvalue weighted by atomic mass is 10.3. The third-order valence-electron chi connectivity index (χ3n) is 2.11. The van der Waals surface area contributed by atoms with Crippen molar-refractivity contribution >= 4 is 23.3 Å². The van der Waals surface area contributed by atoms with E-state index in [1.807, 2.05) is 6.07 Å². The van der Waals surface area contributed by atoms with Crippen LogP contribution in [0.15, 0.2) is 30.5 Å². The average molecular weight is 237 g/mol. The van der Waals surface area contributed by atoms with Crippen molar-refractivity contribution in [3.63, 3.8) is 0 Å². The number of hydrogen-bond donors (Lipinski definition) is 2. The maximum atomic E-state index is 11.0. The summed E-state index contributed by atoms with van der Waals surface area (Å²) in [4.78, 5) is 11.0. The summed E-state index contributed by atoms with van der Waals surface area (Å²) in [6.45, 7) is 0. The summed E-state index contributed by atoms with van der Waals surface area (Å²) >= 11 is 5.98. The van der Waals surface area contributed by atoms with E-state index >= 15 is 0 Å². The van der Waals surface area contributed by atoms with Crippen molar-refractivity contribution < 1.29 is 4.79 Å². The van der Waals surface area contributed by atoms with Gasteiger partial charge in [-0.15, -0.1) is 5.10 Å². The van der Waals surface area contributed by atoms with Gasteiger partial charge < -0.3 is 11.5 Å². The predicted octanol–water partition coefficient (Wildman–Crippen LogP) is 1.21. The standard InChI is InChI=1S/C10H9ClN4O/c11-7-3-1-2-4-8(7)15-5-6(10(13)16)9(12)14-15/h1-5H,(H2,12,14)(H2,13,16). The van der Waals surface area contributed by atoms with Crippen LogP contribution in [0, 0.1) is 0 Å². The number of hydrogen-bond acceptors (Lipinski definition) is 3. The largest absolute Gasteiger partial charge is 0.382 e. The highest BCUT2D eigenvalue weighted by Gasteiger charge is 2.12. The van der Waals surface area contributed by atoms with Gasteiger partial charge in [-0.25, -0.2) is 4.68 Å². The third-order valence-corrected chi connectivity index (χ3v) is 2.43. The quantitative estimate of drug-likeness (QED) is 0.822. The second-order valence-corrected chi connectivity index (χ2v) is 3.60. The molecule has 0 fully saturated rings. The number of aromatic nitrogens is 2. The number of nitrogens with zero attached hydrogens (tertiary/aromatic N) is 2. The Labute approximate surface area is 96.6 Å². The van der Waals surface area contributed by atoms with Gasteiger partial charge in [0.15, 0.2) is 5.82 Å². The first kappa shape index (κ1) is 10.5. The summed E-state index contributed by atoms with van der Waals surface area (Å²) in [5, 5.41) is 4.49. The molecule has 16 heavy (non-hydrogen) atoms. The molecular weight excluding hydrogens is 228 g/mol. The lowest BCUT2D eigenvalue weighted by Gasteiger charge is -2.02. The highest BCUT2D eigenvalue weighted by atomic mass is 35.5. The van der Waals surface area contributed by atoms with E-state index in [9.17, 15) is 4.79 Å². The molecule has 1 aromatic heterocycles. The second kappa shape index (κ2) is 3.86. The zero-order valence-electron chi connectivity index (χ0n) is 8.22. The van der Waals surface area contributed by atoms with Crippen LogP contribution in [0.5, 0.6) is 0 Å². The number of benzene rings is 1. The number of nitrogen functional groups attached to an aromatic ring is 1. The van der Waals surface area contributed by atoms with E-state index < -0.39 is 5.91 Å². The molecule has 0 spiro atoms. The van der Waals surface area contributed by atoms with Crippen LogP contribution in [0.2, 0.25) is 5.02 Å². The van der Waals surface area contributed by atoms with Crippen LogP contribution in [-0.4, -0.2) is 15.7 Å². The van der Waals surface area contributed by atoms with Crippen LogP contribution < -0.4 is 11.5 Å². The molecule has 0 saturated heterocycles. The molecule has 0 radical (unpaired) electrons. The Kier molecular flexibility index (Phi) is 2.54. The van der Waals surface area contributed by atoms with Crippen molar-refractivity contribution in [2.45, 2.75) is 0 Å². The predicted molar refractivity (Wildman–Crippen MR) is 61.5 cm³/mol. The molecule has 0 aliphatic carbocycles. The molecule has 1 heterocycles. The van der Waals surface area contributed by atoms with Gasteiger partial charge in [0.05, 0.1) is 10.7 Å². The fourth-order valence-corrected chi connectivity index (χ4v) is 1.56. The molecule has 0 bridgehead atoms. The van der Waals surface area contributed by atoms with E-state index in [2.05, 4.69) is 5.10 Å². The SMILES string of the molecule is NC(=O)c1cn(-c2ccccc2Cl)nc1N. The molecule has 5 nitrogen and oxygen atoms in total. The minimum absolute atomic E-state index is 0.0902. The van der Waals surface area contributed by atoms with Gasteiger partial charge in [0.25, 0.3) is 5.91 Å². The highest BCUT2D eigenvalue weighted by molar-refractivity contribution is 6.32. The Morgan fingerprint density at radius 2 is 2.06 bits per heavy atom. The van der Waals surface area contributed by atoms with Crippen LogP contribution in [-0.2, 0) is 0 Å². The third kappa shape index (κ3) is 1.72. The lowest BCUT2D eigenvalue weighted by molar-refractivity contribution is 0.100. The molecule has 0 unspecified atom stereocenters. The monoisotopic (exact) mass is 236 g/mol. The van der Waals surface area contributed by atoms with Crippen molar-refractivity contribution in [3.05, 3.63) is 41.0 Å². The van der Waals surface area contributed by atoms with Crippen LogP contribution in [0.3, 0.4) is 0 Å². The van der Waals surface area contributed by atoms with E-state index in [1.165, 1.54) is 10.9 Å². The summed E-state index contributed by atoms with van der Waals surface area (Å²) in [6, 6.07) is 7.09. The number of anilines is 1. The zero-order valence-corrected chi connectivity index (χ0v) is 8.98. The smallest absolute Gasteiger partial charge is 0.254 e. The first-order chi connectivity index (χ1) is 7.59. The Bertz CT molecular complexity index is 550. The number of primary amides is 1. The maximum Gasteiger partial charge on any atom is 0.254 e. The topological polar surface area (TPSA) is 86.9 Å². The van der Waals surface area contributed by atoms with E-state index in [0.717, 1.165) is 0 Å². The Balaban J connectivity index is 2.54. The maximum absolute atomic E-state index is 11.0. The van der Waals surface area contributed by atoms with Gasteiger partial charge in [-0.3, -0.25) is 4.79 Å². The number of carbonyl (C=O) groups excluding carboxylic acids is 1. The lowest BCUT2D eigenvalue weighted by Crippen LogP contribution is -2.11. The number of para-hydroxylation sites is 1. The Morgan fingerprint density at radius 3 is 2.62 bits per heavy atom. The molecular formula is C10H9ClN4O. The molecule has 0 aliphatic heterocycles. The second-order valence-electron chi connectivity index (χ2n) is 3.19. The Hall–Kier alpha value is -2.01. The molecule has 0 atom stereocenters. The number of amides is 1. The van der Waals surface area contributed by atoms with Crippen LogP contribution in [0.1, 0.15) is 10.4 Å². The fraction of sp³-hybridized carbons (Fsp3) is 0. The van der Waals surface area contributed by atoms with E-state index in [-0.39, 0.29) is 11.4 Å². The molecule has 2 rings (SSSR count). The van der Waals surface area contributed by atoms with Crippen LogP contribution in [0.25, 0.3) is 5.69 Å². The molecule has 82 valence electrons. The van der Waals surface area contributed by atoms with Crippen molar-refractivity contribution in [2.24, 2.45) is 5.73 Å². The van der Waals surface area contributed by atoms with Crippen LogP contribution >= 0.6 is 11.6 Å². The molecule has 0 aliphatic rings. The van der Waals surface area contributed by atoms with Crippen molar-refractivity contribution in [3.8, 4) is 5.69 Å². The van der Waals surface area contributed by atoms with Crippen molar-refractivity contribution in [1.29, 1.82) is 0 Å². The summed E-state index contributed by atoms with van der Waals surface area (Å²) in [5.74, 6) is -0.525. The van der Waals surface area contributed by atoms with E-state index in [4.69, 9.17) is 23.1 Å². The van der Waals surface area contributed by atoms with Gasteiger partial charge in [0.2, 0.25) is 0 Å². The summed E-state index contributed by atoms with van der Waals surface area (Å²) in [7, 11) is 0. The molecule has 1 amide bonds. The highest BCUT2D eigenvalue weighted by Crippen LogP contribution is 2.21. The fourth-order valence-electron chi connectivity index (χ4n) is 1.34. The number of carbonyl (C=O) groups is 1. The molecule has 2 aromatic rings. The molecule has 6 heteroatoms. The van der Waals surface area contributed by atoms with E-state index in [1.54, 1.807) is 18.2 Å². The number of nitrogens with two attached hydrogens (primary N) is 2. The number of rotatable bonds is 2. The first-order valence-electron chi connectivity index (χ1n) is 4.49. The van der Waals surface area contributed by atoms with Gasteiger partial charge in [0, 0.05) is 6.20 Å². The first-order valence-corrected chi connectivity index (χ1v) is 4.87. The summed E-state index contributed by atoms with van der Waals surface area (Å²) < 4.78 is 1.43. The van der Waals surface area contributed by atoms with E-state index in [0.29, 0.717) is 10.7 Å². The van der Waals surface area contributed by atoms with Gasteiger partial charge >= 0.3 is 0 Å². The van der Waals surface area contributed by atoms with Gasteiger partial charge in [-0.1, -0.05) is 23.7 Å². The minimum Gasteiger partial charge on any atom is -0.382 e. The van der Waals surface area contributed by atoms with Gasteiger partial charge in [0.1, 0.15) is 5.56 Å². The number of halogens is 1. The molecule has 1 aromatic carbocycles. The van der Waals surface area contributed by atoms with Gasteiger partial charge in [-0.2, -0.15) is 0 Å². The molecule has 0 saturated carbocycles. The summed E-state index contributed by atoms with van der Waals surface area (Å²) in [5.41, 5.74) is 11.5. The Morgan fingerprint density at radius 1 is 1.38 bits per heavy atom. The van der Waals surface area contributed by atoms with Crippen molar-refractivity contribution in [2.75, 3.05) is 5.73 Å².